The Bertz CT molecular complexity index is 620. The van der Waals surface area contributed by atoms with E-state index in [0.29, 0.717) is 12.8 Å². The zero-order chi connectivity index (χ0) is 21.0. The monoisotopic (exact) mass is 426 g/mol. The van der Waals surface area contributed by atoms with Crippen LogP contribution in [-0.2, 0) is 20.0 Å². The molecule has 1 fully saturated rings. The predicted molar refractivity (Wildman–Crippen MR) is 109 cm³/mol. The topological polar surface area (TPSA) is 95.0 Å². The number of nitrogens with zero attached hydrogens (tertiary/aromatic N) is 2. The SMILES string of the molecule is CC(C)CCS(=O)(=O)N1CCN(S(=O)(=O)CCC(C)C)CC(O)(C(C)C)C1. The summed E-state index contributed by atoms with van der Waals surface area (Å²) < 4.78 is 53.7. The van der Waals surface area contributed by atoms with Crippen molar-refractivity contribution < 1.29 is 21.9 Å². The predicted octanol–water partition coefficient (Wildman–Crippen LogP) is 1.74. The molecular formula is C18H38N2O5S2. The smallest absolute Gasteiger partial charge is 0.214 e. The first-order valence-corrected chi connectivity index (χ1v) is 13.1. The minimum Gasteiger partial charge on any atom is -0.387 e. The van der Waals surface area contributed by atoms with Crippen LogP contribution in [0, 0.1) is 17.8 Å². The Labute approximate surface area is 166 Å². The fraction of sp³-hybridized carbons (Fsp3) is 1.00. The van der Waals surface area contributed by atoms with Gasteiger partial charge in [0.1, 0.15) is 0 Å². The van der Waals surface area contributed by atoms with Gasteiger partial charge in [-0.25, -0.2) is 16.8 Å². The first-order chi connectivity index (χ1) is 12.2. The molecule has 1 heterocycles. The van der Waals surface area contributed by atoms with Gasteiger partial charge in [0.15, 0.2) is 0 Å². The average Bonchev–Trinajstić information content (AvgIpc) is 2.72. The van der Waals surface area contributed by atoms with E-state index in [-0.39, 0.29) is 55.4 Å². The van der Waals surface area contributed by atoms with Crippen LogP contribution in [0.25, 0.3) is 0 Å². The molecule has 0 radical (unpaired) electrons. The van der Waals surface area contributed by atoms with Crippen molar-refractivity contribution in [1.82, 2.24) is 8.61 Å². The molecular weight excluding hydrogens is 388 g/mol. The van der Waals surface area contributed by atoms with Gasteiger partial charge in [-0.15, -0.1) is 0 Å². The number of sulfonamides is 2. The Morgan fingerprint density at radius 2 is 1.11 bits per heavy atom. The molecule has 0 atom stereocenters. The highest BCUT2D eigenvalue weighted by atomic mass is 32.2. The molecule has 0 saturated carbocycles. The number of aliphatic hydroxyl groups is 1. The van der Waals surface area contributed by atoms with E-state index in [2.05, 4.69) is 0 Å². The van der Waals surface area contributed by atoms with Crippen LogP contribution < -0.4 is 0 Å². The Hall–Kier alpha value is -0.220. The van der Waals surface area contributed by atoms with Crippen LogP contribution in [0.15, 0.2) is 0 Å². The second-order valence-corrected chi connectivity index (χ2v) is 13.1. The summed E-state index contributed by atoms with van der Waals surface area (Å²) in [5.41, 5.74) is -1.41. The largest absolute Gasteiger partial charge is 0.387 e. The summed E-state index contributed by atoms with van der Waals surface area (Å²) in [6.45, 7) is 11.5. The van der Waals surface area contributed by atoms with E-state index < -0.39 is 25.6 Å². The maximum Gasteiger partial charge on any atom is 0.214 e. The summed E-state index contributed by atoms with van der Waals surface area (Å²) in [4.78, 5) is 0. The average molecular weight is 427 g/mol. The summed E-state index contributed by atoms with van der Waals surface area (Å²) in [6.07, 6.45) is 1.07. The van der Waals surface area contributed by atoms with Gasteiger partial charge in [0.25, 0.3) is 0 Å². The standard InChI is InChI=1S/C18H38N2O5S2/c1-15(2)7-11-26(22,23)19-9-10-20(14-18(21,13-19)17(5)6)27(24,25)12-8-16(3)4/h15-17,21H,7-14H2,1-6H3. The zero-order valence-electron chi connectivity index (χ0n) is 17.7. The van der Waals surface area contributed by atoms with Crippen LogP contribution in [0.2, 0.25) is 0 Å². The molecule has 0 aromatic heterocycles. The van der Waals surface area contributed by atoms with Gasteiger partial charge in [0, 0.05) is 26.2 Å². The highest BCUT2D eigenvalue weighted by Gasteiger charge is 2.43. The van der Waals surface area contributed by atoms with Crippen molar-refractivity contribution in [1.29, 1.82) is 0 Å². The van der Waals surface area contributed by atoms with E-state index in [1.165, 1.54) is 8.61 Å². The summed E-state index contributed by atoms with van der Waals surface area (Å²) in [7, 11) is -7.10. The molecule has 1 aliphatic rings. The molecule has 0 aliphatic carbocycles. The second-order valence-electron chi connectivity index (χ2n) is 8.92. The molecule has 9 heteroatoms. The summed E-state index contributed by atoms with van der Waals surface area (Å²) in [5, 5.41) is 11.1. The molecule has 0 unspecified atom stereocenters. The summed E-state index contributed by atoms with van der Waals surface area (Å²) in [6, 6.07) is 0. The van der Waals surface area contributed by atoms with Crippen LogP contribution >= 0.6 is 0 Å². The van der Waals surface area contributed by atoms with E-state index in [9.17, 15) is 21.9 Å². The van der Waals surface area contributed by atoms with Crippen LogP contribution in [-0.4, -0.2) is 73.8 Å². The Morgan fingerprint density at radius 1 is 0.778 bits per heavy atom. The van der Waals surface area contributed by atoms with E-state index in [0.717, 1.165) is 0 Å². The molecule has 1 N–H and O–H groups in total. The van der Waals surface area contributed by atoms with Crippen molar-refractivity contribution >= 4 is 20.0 Å². The summed E-state index contributed by atoms with van der Waals surface area (Å²) in [5.74, 6) is 0.256. The molecule has 0 aromatic carbocycles. The van der Waals surface area contributed by atoms with Crippen molar-refractivity contribution in [3.63, 3.8) is 0 Å². The van der Waals surface area contributed by atoms with Crippen molar-refractivity contribution in [2.45, 2.75) is 60.0 Å². The minimum atomic E-state index is -3.55. The highest BCUT2D eigenvalue weighted by Crippen LogP contribution is 2.27. The lowest BCUT2D eigenvalue weighted by molar-refractivity contribution is -0.0200. The number of hydrogen-bond acceptors (Lipinski definition) is 5. The van der Waals surface area contributed by atoms with Gasteiger partial charge in [-0.3, -0.25) is 0 Å². The molecule has 27 heavy (non-hydrogen) atoms. The number of rotatable bonds is 9. The van der Waals surface area contributed by atoms with Gasteiger partial charge in [-0.05, 0) is 30.6 Å². The van der Waals surface area contributed by atoms with Crippen molar-refractivity contribution in [3.05, 3.63) is 0 Å². The lowest BCUT2D eigenvalue weighted by Crippen LogP contribution is -2.53. The minimum absolute atomic E-state index is 0.0128. The van der Waals surface area contributed by atoms with Crippen LogP contribution in [0.5, 0.6) is 0 Å². The van der Waals surface area contributed by atoms with Crippen molar-refractivity contribution in [3.8, 4) is 0 Å². The summed E-state index contributed by atoms with van der Waals surface area (Å²) >= 11 is 0. The molecule has 7 nitrogen and oxygen atoms in total. The first-order valence-electron chi connectivity index (χ1n) is 9.87. The van der Waals surface area contributed by atoms with Gasteiger partial charge >= 0.3 is 0 Å². The zero-order valence-corrected chi connectivity index (χ0v) is 19.3. The van der Waals surface area contributed by atoms with Gasteiger partial charge < -0.3 is 5.11 Å². The van der Waals surface area contributed by atoms with E-state index in [1.807, 2.05) is 27.7 Å². The first kappa shape index (κ1) is 24.8. The van der Waals surface area contributed by atoms with E-state index >= 15 is 0 Å². The van der Waals surface area contributed by atoms with Gasteiger partial charge in [-0.2, -0.15) is 8.61 Å². The fourth-order valence-electron chi connectivity index (χ4n) is 2.91. The lowest BCUT2D eigenvalue weighted by Gasteiger charge is -2.36. The van der Waals surface area contributed by atoms with Crippen molar-refractivity contribution in [2.75, 3.05) is 37.7 Å². The normalized spacial score (nSPS) is 20.5. The number of β-amino-alcohol motifs (C(OH)–C–C–N with tert-alkyl or cyclic N) is 1. The lowest BCUT2D eigenvalue weighted by atomic mass is 9.90. The Balaban J connectivity index is 3.09. The van der Waals surface area contributed by atoms with E-state index in [4.69, 9.17) is 0 Å². The van der Waals surface area contributed by atoms with Gasteiger partial charge in [0.2, 0.25) is 20.0 Å². The van der Waals surface area contributed by atoms with Crippen LogP contribution in [0.1, 0.15) is 54.4 Å². The third-order valence-corrected chi connectivity index (χ3v) is 8.97. The van der Waals surface area contributed by atoms with Crippen molar-refractivity contribution in [2.24, 2.45) is 17.8 Å². The molecule has 1 aliphatic heterocycles. The molecule has 0 aromatic rings. The highest BCUT2D eigenvalue weighted by molar-refractivity contribution is 7.89. The second kappa shape index (κ2) is 9.52. The molecule has 1 rings (SSSR count). The molecule has 0 bridgehead atoms. The molecule has 0 spiro atoms. The molecule has 162 valence electrons. The van der Waals surface area contributed by atoms with Crippen LogP contribution in [0.3, 0.4) is 0 Å². The number of hydrogen-bond donors (Lipinski definition) is 1. The Kier molecular flexibility index (Phi) is 8.75. The molecule has 1 saturated heterocycles. The molecule has 0 amide bonds. The third-order valence-electron chi connectivity index (χ3n) is 5.27. The third kappa shape index (κ3) is 7.27. The van der Waals surface area contributed by atoms with E-state index in [1.54, 1.807) is 13.8 Å². The van der Waals surface area contributed by atoms with Gasteiger partial charge in [-0.1, -0.05) is 41.5 Å². The fourth-order valence-corrected chi connectivity index (χ4v) is 6.52. The maximum atomic E-state index is 12.8. The van der Waals surface area contributed by atoms with Crippen LogP contribution in [0.4, 0.5) is 0 Å². The Morgan fingerprint density at radius 3 is 1.37 bits per heavy atom. The maximum absolute atomic E-state index is 12.8. The van der Waals surface area contributed by atoms with Gasteiger partial charge in [0.05, 0.1) is 17.1 Å². The quantitative estimate of drug-likeness (QED) is 0.606.